The summed E-state index contributed by atoms with van der Waals surface area (Å²) in [5.41, 5.74) is 8.23. The summed E-state index contributed by atoms with van der Waals surface area (Å²) in [6.45, 7) is 0.323. The summed E-state index contributed by atoms with van der Waals surface area (Å²) < 4.78 is 13.0. The van der Waals surface area contributed by atoms with Gasteiger partial charge in [0.1, 0.15) is 5.82 Å². The summed E-state index contributed by atoms with van der Waals surface area (Å²) in [4.78, 5) is 11.8. The summed E-state index contributed by atoms with van der Waals surface area (Å²) in [6, 6.07) is 11.9. The summed E-state index contributed by atoms with van der Waals surface area (Å²) >= 11 is 5.69. The molecule has 0 aliphatic rings. The van der Waals surface area contributed by atoms with Crippen molar-refractivity contribution in [3.05, 3.63) is 64.4 Å². The molecule has 0 atom stereocenters. The predicted molar refractivity (Wildman–Crippen MR) is 82.4 cm³/mol. The maximum atomic E-state index is 13.0. The lowest BCUT2D eigenvalue weighted by atomic mass is 10.1. The molecule has 0 aliphatic heterocycles. The molecule has 2 aromatic carbocycles. The second-order valence-corrected chi connectivity index (χ2v) is 5.13. The van der Waals surface area contributed by atoms with Crippen LogP contribution in [0.3, 0.4) is 0 Å². The standard InChI is InChI=1S/C16H16ClFN2O/c17-13-9-11(5-7-14(13)18)10-20-16(21)8-6-12-3-1-2-4-15(12)19/h1-5,7,9H,6,8,10,19H2,(H,20,21). The van der Waals surface area contributed by atoms with Crippen molar-refractivity contribution in [2.24, 2.45) is 0 Å². The Kier molecular flexibility index (Phi) is 5.17. The van der Waals surface area contributed by atoms with Gasteiger partial charge in [0.15, 0.2) is 0 Å². The number of nitrogen functional groups attached to an aromatic ring is 1. The minimum Gasteiger partial charge on any atom is -0.399 e. The Hall–Kier alpha value is -2.07. The molecule has 1 amide bonds. The topological polar surface area (TPSA) is 55.1 Å². The van der Waals surface area contributed by atoms with Crippen LogP contribution >= 0.6 is 11.6 Å². The smallest absolute Gasteiger partial charge is 0.220 e. The summed E-state index contributed by atoms with van der Waals surface area (Å²) in [7, 11) is 0. The number of aryl methyl sites for hydroxylation is 1. The molecule has 0 unspecified atom stereocenters. The molecular formula is C16H16ClFN2O. The van der Waals surface area contributed by atoms with Gasteiger partial charge in [-0.05, 0) is 35.7 Å². The Labute approximate surface area is 127 Å². The van der Waals surface area contributed by atoms with Crippen LogP contribution in [0.15, 0.2) is 42.5 Å². The molecule has 0 bridgehead atoms. The molecule has 0 aromatic heterocycles. The molecule has 0 fully saturated rings. The maximum Gasteiger partial charge on any atom is 0.220 e. The molecule has 0 radical (unpaired) electrons. The van der Waals surface area contributed by atoms with Crippen molar-refractivity contribution in [1.29, 1.82) is 0 Å². The molecular weight excluding hydrogens is 291 g/mol. The fourth-order valence-corrected chi connectivity index (χ4v) is 2.15. The highest BCUT2D eigenvalue weighted by atomic mass is 35.5. The summed E-state index contributed by atoms with van der Waals surface area (Å²) in [5, 5.41) is 2.83. The van der Waals surface area contributed by atoms with Crippen LogP contribution in [0.25, 0.3) is 0 Å². The Morgan fingerprint density at radius 1 is 1.24 bits per heavy atom. The van der Waals surface area contributed by atoms with Gasteiger partial charge in [-0.3, -0.25) is 4.79 Å². The second kappa shape index (κ2) is 7.09. The lowest BCUT2D eigenvalue weighted by Crippen LogP contribution is -2.23. The van der Waals surface area contributed by atoms with Crippen LogP contribution < -0.4 is 11.1 Å². The van der Waals surface area contributed by atoms with Crippen LogP contribution in [-0.2, 0) is 17.8 Å². The Balaban J connectivity index is 1.82. The molecule has 0 saturated carbocycles. The average Bonchev–Trinajstić information content (AvgIpc) is 2.47. The molecule has 3 nitrogen and oxygen atoms in total. The highest BCUT2D eigenvalue weighted by Gasteiger charge is 2.05. The lowest BCUT2D eigenvalue weighted by molar-refractivity contribution is -0.121. The SMILES string of the molecule is Nc1ccccc1CCC(=O)NCc1ccc(F)c(Cl)c1. The number of hydrogen-bond donors (Lipinski definition) is 2. The normalized spacial score (nSPS) is 10.4. The Morgan fingerprint density at radius 3 is 2.71 bits per heavy atom. The highest BCUT2D eigenvalue weighted by Crippen LogP contribution is 2.16. The highest BCUT2D eigenvalue weighted by molar-refractivity contribution is 6.30. The van der Waals surface area contributed by atoms with Crippen LogP contribution in [0.5, 0.6) is 0 Å². The van der Waals surface area contributed by atoms with E-state index in [9.17, 15) is 9.18 Å². The molecule has 110 valence electrons. The zero-order valence-electron chi connectivity index (χ0n) is 11.4. The molecule has 2 aromatic rings. The molecule has 0 spiro atoms. The zero-order chi connectivity index (χ0) is 15.2. The minimum atomic E-state index is -0.466. The van der Waals surface area contributed by atoms with E-state index in [0.29, 0.717) is 25.1 Å². The average molecular weight is 307 g/mol. The van der Waals surface area contributed by atoms with Gasteiger partial charge in [-0.25, -0.2) is 4.39 Å². The van der Waals surface area contributed by atoms with Crippen LogP contribution in [0.1, 0.15) is 17.5 Å². The minimum absolute atomic E-state index is 0.0545. The fraction of sp³-hybridized carbons (Fsp3) is 0.188. The molecule has 21 heavy (non-hydrogen) atoms. The van der Waals surface area contributed by atoms with Crippen molar-refractivity contribution in [1.82, 2.24) is 5.32 Å². The largest absolute Gasteiger partial charge is 0.399 e. The first-order valence-electron chi connectivity index (χ1n) is 6.60. The summed E-state index contributed by atoms with van der Waals surface area (Å²) in [5.74, 6) is -0.551. The van der Waals surface area contributed by atoms with E-state index < -0.39 is 5.82 Å². The van der Waals surface area contributed by atoms with E-state index in [1.807, 2.05) is 24.3 Å². The maximum absolute atomic E-state index is 13.0. The van der Waals surface area contributed by atoms with E-state index in [4.69, 9.17) is 17.3 Å². The molecule has 0 heterocycles. The third kappa shape index (κ3) is 4.46. The number of carbonyl (C=O) groups excluding carboxylic acids is 1. The second-order valence-electron chi connectivity index (χ2n) is 4.72. The van der Waals surface area contributed by atoms with Crippen molar-refractivity contribution < 1.29 is 9.18 Å². The van der Waals surface area contributed by atoms with Gasteiger partial charge in [0.2, 0.25) is 5.91 Å². The van der Waals surface area contributed by atoms with Gasteiger partial charge < -0.3 is 11.1 Å². The quantitative estimate of drug-likeness (QED) is 0.833. The van der Waals surface area contributed by atoms with Crippen LogP contribution in [0, 0.1) is 5.82 Å². The van der Waals surface area contributed by atoms with E-state index in [1.165, 1.54) is 12.1 Å². The first-order chi connectivity index (χ1) is 10.1. The monoisotopic (exact) mass is 306 g/mol. The van der Waals surface area contributed by atoms with E-state index in [-0.39, 0.29) is 10.9 Å². The van der Waals surface area contributed by atoms with Crippen molar-refractivity contribution in [2.45, 2.75) is 19.4 Å². The van der Waals surface area contributed by atoms with Gasteiger partial charge in [-0.2, -0.15) is 0 Å². The van der Waals surface area contributed by atoms with Gasteiger partial charge in [0.25, 0.3) is 0 Å². The molecule has 2 rings (SSSR count). The number of rotatable bonds is 5. The van der Waals surface area contributed by atoms with Gasteiger partial charge in [0.05, 0.1) is 5.02 Å². The van der Waals surface area contributed by atoms with Crippen molar-refractivity contribution in [2.75, 3.05) is 5.73 Å². The number of nitrogens with two attached hydrogens (primary N) is 1. The Morgan fingerprint density at radius 2 is 2.00 bits per heavy atom. The third-order valence-corrected chi connectivity index (χ3v) is 3.44. The number of amides is 1. The van der Waals surface area contributed by atoms with Crippen molar-refractivity contribution >= 4 is 23.2 Å². The van der Waals surface area contributed by atoms with E-state index >= 15 is 0 Å². The van der Waals surface area contributed by atoms with Crippen LogP contribution in [0.2, 0.25) is 5.02 Å². The Bertz CT molecular complexity index is 646. The van der Waals surface area contributed by atoms with Gasteiger partial charge in [0, 0.05) is 18.7 Å². The van der Waals surface area contributed by atoms with Crippen molar-refractivity contribution in [3.63, 3.8) is 0 Å². The van der Waals surface area contributed by atoms with Crippen LogP contribution in [0.4, 0.5) is 10.1 Å². The van der Waals surface area contributed by atoms with Gasteiger partial charge >= 0.3 is 0 Å². The zero-order valence-corrected chi connectivity index (χ0v) is 12.2. The lowest BCUT2D eigenvalue weighted by Gasteiger charge is -2.07. The third-order valence-electron chi connectivity index (χ3n) is 3.15. The van der Waals surface area contributed by atoms with Crippen LogP contribution in [-0.4, -0.2) is 5.91 Å². The number of benzene rings is 2. The number of para-hydroxylation sites is 1. The first-order valence-corrected chi connectivity index (χ1v) is 6.98. The molecule has 3 N–H and O–H groups in total. The number of carbonyl (C=O) groups is 1. The number of anilines is 1. The van der Waals surface area contributed by atoms with E-state index in [1.54, 1.807) is 6.07 Å². The van der Waals surface area contributed by atoms with E-state index in [2.05, 4.69) is 5.32 Å². The van der Waals surface area contributed by atoms with Gasteiger partial charge in [-0.1, -0.05) is 35.9 Å². The molecule has 0 saturated heterocycles. The summed E-state index contributed by atoms with van der Waals surface area (Å²) in [6.07, 6.45) is 0.936. The van der Waals surface area contributed by atoms with E-state index in [0.717, 1.165) is 11.1 Å². The number of hydrogen-bond acceptors (Lipinski definition) is 2. The first kappa shape index (κ1) is 15.3. The van der Waals surface area contributed by atoms with Gasteiger partial charge in [-0.15, -0.1) is 0 Å². The fourth-order valence-electron chi connectivity index (χ4n) is 1.95. The number of nitrogens with one attached hydrogen (secondary N) is 1. The number of halogens is 2. The predicted octanol–water partition coefficient (Wildman–Crippen LogP) is 3.31. The van der Waals surface area contributed by atoms with Crippen molar-refractivity contribution in [3.8, 4) is 0 Å². The molecule has 5 heteroatoms. The molecule has 0 aliphatic carbocycles.